The van der Waals surface area contributed by atoms with Crippen molar-refractivity contribution >= 4 is 17.5 Å². The Morgan fingerprint density at radius 1 is 1.00 bits per heavy atom. The summed E-state index contributed by atoms with van der Waals surface area (Å²) < 4.78 is 5.47. The van der Waals surface area contributed by atoms with Crippen molar-refractivity contribution in [1.82, 2.24) is 10.1 Å². The van der Waals surface area contributed by atoms with E-state index in [2.05, 4.69) is 10.5 Å². The third kappa shape index (κ3) is 3.81. The van der Waals surface area contributed by atoms with E-state index in [1.165, 1.54) is 0 Å². The number of amides is 2. The van der Waals surface area contributed by atoms with Crippen LogP contribution in [0.3, 0.4) is 0 Å². The van der Waals surface area contributed by atoms with Crippen LogP contribution in [0.15, 0.2) is 71.3 Å². The van der Waals surface area contributed by atoms with Gasteiger partial charge in [0.1, 0.15) is 0 Å². The van der Waals surface area contributed by atoms with E-state index in [1.54, 1.807) is 18.2 Å². The summed E-state index contributed by atoms with van der Waals surface area (Å²) in [5.74, 6) is 0.178. The van der Waals surface area contributed by atoms with Crippen molar-refractivity contribution in [2.75, 3.05) is 11.9 Å². The summed E-state index contributed by atoms with van der Waals surface area (Å²) in [6, 6.07) is 19.8. The Kier molecular flexibility index (Phi) is 5.19. The summed E-state index contributed by atoms with van der Waals surface area (Å²) >= 11 is 0. The lowest BCUT2D eigenvalue weighted by Crippen LogP contribution is -2.38. The van der Waals surface area contributed by atoms with Gasteiger partial charge in [-0.1, -0.05) is 41.6 Å². The summed E-state index contributed by atoms with van der Waals surface area (Å²) in [6.07, 6.45) is 2.73. The second kappa shape index (κ2) is 8.08. The quantitative estimate of drug-likeness (QED) is 0.738. The Bertz CT molecular complexity index is 953. The third-order valence-electron chi connectivity index (χ3n) is 4.91. The van der Waals surface area contributed by atoms with E-state index in [-0.39, 0.29) is 23.6 Å². The van der Waals surface area contributed by atoms with Crippen LogP contribution in [0.4, 0.5) is 5.69 Å². The molecule has 1 N–H and O–H groups in total. The molecule has 1 aliphatic heterocycles. The minimum atomic E-state index is -0.335. The number of aromatic nitrogens is 1. The zero-order chi connectivity index (χ0) is 19.3. The minimum Gasteiger partial charge on any atom is -0.358 e. The first kappa shape index (κ1) is 18.0. The molecule has 0 bridgehead atoms. The van der Waals surface area contributed by atoms with Gasteiger partial charge in [0.15, 0.2) is 11.5 Å². The number of nitrogens with one attached hydrogen (secondary N) is 1. The van der Waals surface area contributed by atoms with Crippen LogP contribution in [0.2, 0.25) is 0 Å². The zero-order valence-corrected chi connectivity index (χ0v) is 15.4. The lowest BCUT2D eigenvalue weighted by atomic mass is 9.98. The predicted molar refractivity (Wildman–Crippen MR) is 105 cm³/mol. The molecule has 2 aromatic carbocycles. The fraction of sp³-hybridized carbons (Fsp3) is 0.227. The highest BCUT2D eigenvalue weighted by molar-refractivity contribution is 6.02. The van der Waals surface area contributed by atoms with Crippen LogP contribution in [0.25, 0.3) is 0 Å². The molecule has 28 heavy (non-hydrogen) atoms. The molecule has 0 radical (unpaired) electrons. The molecule has 3 aromatic rings. The van der Waals surface area contributed by atoms with Gasteiger partial charge in [0.2, 0.25) is 0 Å². The number of piperidine rings is 1. The number of benzene rings is 2. The number of para-hydroxylation sites is 1. The summed E-state index contributed by atoms with van der Waals surface area (Å²) in [4.78, 5) is 27.2. The molecule has 1 atom stereocenters. The number of rotatable bonds is 4. The van der Waals surface area contributed by atoms with Gasteiger partial charge in [-0.3, -0.25) is 9.59 Å². The predicted octanol–water partition coefficient (Wildman–Crippen LogP) is 4.29. The average molecular weight is 375 g/mol. The highest BCUT2D eigenvalue weighted by atomic mass is 16.5. The van der Waals surface area contributed by atoms with Crippen molar-refractivity contribution in [2.24, 2.45) is 0 Å². The maximum atomic E-state index is 12.9. The number of carbonyl (C=O) groups excluding carboxylic acids is 2. The summed E-state index contributed by atoms with van der Waals surface area (Å²) in [7, 11) is 0. The third-order valence-corrected chi connectivity index (χ3v) is 4.91. The fourth-order valence-electron chi connectivity index (χ4n) is 3.49. The highest BCUT2D eigenvalue weighted by Gasteiger charge is 2.32. The standard InChI is InChI=1S/C22H21N3O3/c26-21(23-17-11-5-2-6-12-17)18-15-20(28-24-18)19-13-7-8-14-25(19)22(27)16-9-3-1-4-10-16/h1-6,9-12,15,19H,7-8,13-14H2,(H,23,26). The molecule has 4 rings (SSSR count). The zero-order valence-electron chi connectivity index (χ0n) is 15.4. The Morgan fingerprint density at radius 3 is 2.46 bits per heavy atom. The van der Waals surface area contributed by atoms with Gasteiger partial charge >= 0.3 is 0 Å². The Morgan fingerprint density at radius 2 is 1.71 bits per heavy atom. The maximum Gasteiger partial charge on any atom is 0.277 e. The van der Waals surface area contributed by atoms with Crippen molar-refractivity contribution in [1.29, 1.82) is 0 Å². The number of anilines is 1. The van der Waals surface area contributed by atoms with Crippen LogP contribution in [0.1, 0.15) is 51.9 Å². The summed E-state index contributed by atoms with van der Waals surface area (Å²) in [5, 5.41) is 6.72. The first-order valence-corrected chi connectivity index (χ1v) is 9.41. The maximum absolute atomic E-state index is 12.9. The molecule has 2 amide bonds. The number of likely N-dealkylation sites (tertiary alicyclic amines) is 1. The van der Waals surface area contributed by atoms with E-state index in [4.69, 9.17) is 4.52 Å². The fourth-order valence-corrected chi connectivity index (χ4v) is 3.49. The molecule has 0 saturated carbocycles. The molecule has 0 spiro atoms. The van der Waals surface area contributed by atoms with Crippen LogP contribution >= 0.6 is 0 Å². The van der Waals surface area contributed by atoms with Crippen molar-refractivity contribution in [3.05, 3.63) is 83.7 Å². The molecular weight excluding hydrogens is 354 g/mol. The Hall–Kier alpha value is -3.41. The highest BCUT2D eigenvalue weighted by Crippen LogP contribution is 2.32. The lowest BCUT2D eigenvalue weighted by Gasteiger charge is -2.34. The number of nitrogens with zero attached hydrogens (tertiary/aromatic N) is 2. The molecule has 142 valence electrons. The molecule has 1 fully saturated rings. The van der Waals surface area contributed by atoms with Gasteiger partial charge in [0.05, 0.1) is 6.04 Å². The van der Waals surface area contributed by atoms with Gasteiger partial charge in [-0.05, 0) is 43.5 Å². The van der Waals surface area contributed by atoms with Crippen molar-refractivity contribution < 1.29 is 14.1 Å². The second-order valence-corrected chi connectivity index (χ2v) is 6.81. The van der Waals surface area contributed by atoms with Crippen molar-refractivity contribution in [2.45, 2.75) is 25.3 Å². The van der Waals surface area contributed by atoms with Crippen LogP contribution in [-0.2, 0) is 0 Å². The molecule has 1 unspecified atom stereocenters. The molecule has 6 nitrogen and oxygen atoms in total. The Labute approximate surface area is 163 Å². The van der Waals surface area contributed by atoms with Gasteiger partial charge in [-0.15, -0.1) is 0 Å². The average Bonchev–Trinajstić information content (AvgIpc) is 3.25. The number of carbonyl (C=O) groups is 2. The van der Waals surface area contributed by atoms with Gasteiger partial charge < -0.3 is 14.7 Å². The molecular formula is C22H21N3O3. The minimum absolute atomic E-state index is 0.0306. The number of hydrogen-bond acceptors (Lipinski definition) is 4. The van der Waals surface area contributed by atoms with Crippen LogP contribution < -0.4 is 5.32 Å². The lowest BCUT2D eigenvalue weighted by molar-refractivity contribution is 0.0570. The van der Waals surface area contributed by atoms with Crippen molar-refractivity contribution in [3.63, 3.8) is 0 Å². The molecule has 1 aliphatic rings. The van der Waals surface area contributed by atoms with Gasteiger partial charge in [0.25, 0.3) is 11.8 Å². The van der Waals surface area contributed by atoms with E-state index >= 15 is 0 Å². The first-order chi connectivity index (χ1) is 13.7. The van der Waals surface area contributed by atoms with E-state index < -0.39 is 0 Å². The second-order valence-electron chi connectivity index (χ2n) is 6.81. The summed E-state index contributed by atoms with van der Waals surface area (Å²) in [5.41, 5.74) is 1.54. The van der Waals surface area contributed by atoms with Crippen LogP contribution in [-0.4, -0.2) is 28.4 Å². The normalized spacial score (nSPS) is 16.6. The Balaban J connectivity index is 1.52. The van der Waals surface area contributed by atoms with Gasteiger partial charge in [0, 0.05) is 23.9 Å². The topological polar surface area (TPSA) is 75.4 Å². The van der Waals surface area contributed by atoms with E-state index in [9.17, 15) is 9.59 Å². The van der Waals surface area contributed by atoms with Gasteiger partial charge in [-0.2, -0.15) is 0 Å². The van der Waals surface area contributed by atoms with E-state index in [0.29, 0.717) is 23.6 Å². The smallest absolute Gasteiger partial charge is 0.277 e. The van der Waals surface area contributed by atoms with E-state index in [0.717, 1.165) is 19.3 Å². The molecule has 1 aromatic heterocycles. The van der Waals surface area contributed by atoms with Crippen LogP contribution in [0, 0.1) is 0 Å². The molecule has 1 saturated heterocycles. The monoisotopic (exact) mass is 375 g/mol. The first-order valence-electron chi connectivity index (χ1n) is 9.41. The molecule has 0 aliphatic carbocycles. The summed E-state index contributed by atoms with van der Waals surface area (Å²) in [6.45, 7) is 0.657. The van der Waals surface area contributed by atoms with Crippen LogP contribution in [0.5, 0.6) is 0 Å². The molecule has 2 heterocycles. The largest absolute Gasteiger partial charge is 0.358 e. The van der Waals surface area contributed by atoms with E-state index in [1.807, 2.05) is 53.4 Å². The van der Waals surface area contributed by atoms with Gasteiger partial charge in [-0.25, -0.2) is 0 Å². The van der Waals surface area contributed by atoms with Crippen molar-refractivity contribution in [3.8, 4) is 0 Å². The number of hydrogen-bond donors (Lipinski definition) is 1. The molecule has 6 heteroatoms. The SMILES string of the molecule is O=C(Nc1ccccc1)c1cc(C2CCCCN2C(=O)c2ccccc2)on1.